The summed E-state index contributed by atoms with van der Waals surface area (Å²) in [4.78, 5) is 11.8. The molecule has 0 atom stereocenters. The minimum absolute atomic E-state index is 0.0422. The lowest BCUT2D eigenvalue weighted by atomic mass is 10.3. The van der Waals surface area contributed by atoms with Gasteiger partial charge >= 0.3 is 6.03 Å². The van der Waals surface area contributed by atoms with Crippen LogP contribution in [-0.2, 0) is 0 Å². The minimum Gasteiger partial charge on any atom is -0.486 e. The van der Waals surface area contributed by atoms with Gasteiger partial charge in [0.25, 0.3) is 0 Å². The van der Waals surface area contributed by atoms with E-state index < -0.39 is 0 Å². The molecule has 0 aliphatic heterocycles. The predicted octanol–water partition coefficient (Wildman–Crippen LogP) is 2.65. The van der Waals surface area contributed by atoms with Crippen LogP contribution in [0.15, 0.2) is 54.6 Å². The molecule has 0 radical (unpaired) electrons. The molecule has 0 aliphatic rings. The number of rotatable bonds is 5. The molecule has 2 rings (SSSR count). The highest BCUT2D eigenvalue weighted by molar-refractivity contribution is 5.99. The van der Waals surface area contributed by atoms with E-state index in [1.807, 2.05) is 18.2 Å². The smallest absolute Gasteiger partial charge is 0.323 e. The van der Waals surface area contributed by atoms with E-state index in [0.717, 1.165) is 5.69 Å². The number of benzene rings is 2. The van der Waals surface area contributed by atoms with Gasteiger partial charge in [0.2, 0.25) is 0 Å². The third-order valence-electron chi connectivity index (χ3n) is 2.54. The topological polar surface area (TPSA) is 100 Å². The van der Waals surface area contributed by atoms with E-state index in [1.54, 1.807) is 36.4 Å². The summed E-state index contributed by atoms with van der Waals surface area (Å²) in [7, 11) is 0. The molecule has 0 aliphatic carbocycles. The van der Waals surface area contributed by atoms with E-state index in [0.29, 0.717) is 11.4 Å². The summed E-state index contributed by atoms with van der Waals surface area (Å²) in [6, 6.07) is 15.7. The van der Waals surface area contributed by atoms with Crippen LogP contribution in [-0.4, -0.2) is 18.5 Å². The van der Waals surface area contributed by atoms with E-state index in [1.165, 1.54) is 0 Å². The molecule has 108 valence electrons. The molecular weight excluding hydrogens is 268 g/mol. The Bertz CT molecular complexity index is 611. The largest absolute Gasteiger partial charge is 0.486 e. The van der Waals surface area contributed by atoms with Gasteiger partial charge < -0.3 is 21.1 Å². The Hall–Kier alpha value is -3.02. The van der Waals surface area contributed by atoms with Gasteiger partial charge in [-0.3, -0.25) is 5.41 Å². The zero-order chi connectivity index (χ0) is 15.1. The molecule has 0 aromatic heterocycles. The Morgan fingerprint density at radius 2 is 1.57 bits per heavy atom. The molecule has 0 saturated carbocycles. The molecular formula is C15H16N4O2. The normalized spacial score (nSPS) is 9.71. The van der Waals surface area contributed by atoms with Crippen molar-refractivity contribution in [2.75, 3.05) is 17.2 Å². The number of carbonyl (C=O) groups is 1. The number of amides is 2. The SMILES string of the molecule is N=C(N)COc1ccc(NC(=O)Nc2ccccc2)cc1. The van der Waals surface area contributed by atoms with E-state index in [4.69, 9.17) is 15.9 Å². The van der Waals surface area contributed by atoms with Crippen molar-refractivity contribution in [1.29, 1.82) is 5.41 Å². The van der Waals surface area contributed by atoms with Crippen molar-refractivity contribution in [3.8, 4) is 5.75 Å². The Balaban J connectivity index is 1.88. The van der Waals surface area contributed by atoms with Gasteiger partial charge in [-0.15, -0.1) is 0 Å². The number of anilines is 2. The maximum Gasteiger partial charge on any atom is 0.323 e. The standard InChI is InChI=1S/C15H16N4O2/c16-14(17)10-21-13-8-6-12(7-9-13)19-15(20)18-11-4-2-1-3-5-11/h1-9H,10H2,(H3,16,17)(H2,18,19,20). The van der Waals surface area contributed by atoms with E-state index >= 15 is 0 Å². The van der Waals surface area contributed by atoms with Gasteiger partial charge in [0.1, 0.15) is 18.2 Å². The van der Waals surface area contributed by atoms with Crippen molar-refractivity contribution in [2.24, 2.45) is 5.73 Å². The number of nitrogens with two attached hydrogens (primary N) is 1. The van der Waals surface area contributed by atoms with Gasteiger partial charge in [-0.25, -0.2) is 4.79 Å². The van der Waals surface area contributed by atoms with Crippen molar-refractivity contribution in [2.45, 2.75) is 0 Å². The summed E-state index contributed by atoms with van der Waals surface area (Å²) in [5, 5.41) is 12.5. The van der Waals surface area contributed by atoms with Gasteiger partial charge in [-0.05, 0) is 36.4 Å². The van der Waals surface area contributed by atoms with Crippen molar-refractivity contribution < 1.29 is 9.53 Å². The van der Waals surface area contributed by atoms with Crippen LogP contribution in [0.25, 0.3) is 0 Å². The van der Waals surface area contributed by atoms with E-state index in [-0.39, 0.29) is 18.5 Å². The number of para-hydroxylation sites is 1. The van der Waals surface area contributed by atoms with Gasteiger partial charge in [0.05, 0.1) is 0 Å². The summed E-state index contributed by atoms with van der Waals surface area (Å²) in [6.07, 6.45) is 0. The number of nitrogens with one attached hydrogen (secondary N) is 3. The zero-order valence-corrected chi connectivity index (χ0v) is 11.3. The monoisotopic (exact) mass is 284 g/mol. The Morgan fingerprint density at radius 1 is 1.00 bits per heavy atom. The lowest BCUT2D eigenvalue weighted by Gasteiger charge is -2.09. The molecule has 2 aromatic carbocycles. The fourth-order valence-electron chi connectivity index (χ4n) is 1.61. The molecule has 6 nitrogen and oxygen atoms in total. The Morgan fingerprint density at radius 3 is 2.14 bits per heavy atom. The van der Waals surface area contributed by atoms with Crippen molar-refractivity contribution in [3.05, 3.63) is 54.6 Å². The second-order valence-corrected chi connectivity index (χ2v) is 4.28. The third kappa shape index (κ3) is 4.87. The van der Waals surface area contributed by atoms with Crippen LogP contribution in [0.2, 0.25) is 0 Å². The first-order chi connectivity index (χ1) is 10.1. The lowest BCUT2D eigenvalue weighted by Crippen LogP contribution is -2.20. The fraction of sp³-hybridized carbons (Fsp3) is 0.0667. The highest BCUT2D eigenvalue weighted by Crippen LogP contribution is 2.16. The Kier molecular flexibility index (Phi) is 4.76. The van der Waals surface area contributed by atoms with Crippen LogP contribution in [0, 0.1) is 5.41 Å². The molecule has 0 heterocycles. The van der Waals surface area contributed by atoms with E-state index in [9.17, 15) is 4.79 Å². The number of hydrogen-bond donors (Lipinski definition) is 4. The average molecular weight is 284 g/mol. The van der Waals surface area contributed by atoms with Crippen LogP contribution in [0.1, 0.15) is 0 Å². The molecule has 5 N–H and O–H groups in total. The molecule has 0 unspecified atom stereocenters. The number of ether oxygens (including phenoxy) is 1. The fourth-order valence-corrected chi connectivity index (χ4v) is 1.61. The van der Waals surface area contributed by atoms with Crippen molar-refractivity contribution in [3.63, 3.8) is 0 Å². The molecule has 21 heavy (non-hydrogen) atoms. The maximum absolute atomic E-state index is 11.8. The van der Waals surface area contributed by atoms with Gasteiger partial charge in [-0.1, -0.05) is 18.2 Å². The minimum atomic E-state index is -0.321. The lowest BCUT2D eigenvalue weighted by molar-refractivity contribution is 0.262. The second-order valence-electron chi connectivity index (χ2n) is 4.28. The average Bonchev–Trinajstić information content (AvgIpc) is 2.47. The number of amidine groups is 1. The molecule has 0 bridgehead atoms. The summed E-state index contributed by atoms with van der Waals surface area (Å²) >= 11 is 0. The molecule has 0 fully saturated rings. The first kappa shape index (κ1) is 14.4. The molecule has 0 spiro atoms. The number of hydrogen-bond acceptors (Lipinski definition) is 3. The summed E-state index contributed by atoms with van der Waals surface area (Å²) in [5.41, 5.74) is 6.56. The summed E-state index contributed by atoms with van der Waals surface area (Å²) in [5.74, 6) is 0.540. The first-order valence-electron chi connectivity index (χ1n) is 6.32. The number of carbonyl (C=O) groups excluding carboxylic acids is 1. The third-order valence-corrected chi connectivity index (χ3v) is 2.54. The quantitative estimate of drug-likeness (QED) is 0.501. The van der Waals surface area contributed by atoms with Crippen LogP contribution in [0.4, 0.5) is 16.2 Å². The maximum atomic E-state index is 11.8. The van der Waals surface area contributed by atoms with Crippen LogP contribution < -0.4 is 21.1 Å². The van der Waals surface area contributed by atoms with Gasteiger partial charge in [0.15, 0.2) is 0 Å². The summed E-state index contributed by atoms with van der Waals surface area (Å²) < 4.78 is 5.25. The molecule has 0 saturated heterocycles. The molecule has 6 heteroatoms. The summed E-state index contributed by atoms with van der Waals surface area (Å²) in [6.45, 7) is 0.0429. The zero-order valence-electron chi connectivity index (χ0n) is 11.3. The van der Waals surface area contributed by atoms with Crippen LogP contribution in [0.3, 0.4) is 0 Å². The second kappa shape index (κ2) is 6.95. The van der Waals surface area contributed by atoms with E-state index in [2.05, 4.69) is 10.6 Å². The van der Waals surface area contributed by atoms with Gasteiger partial charge in [-0.2, -0.15) is 0 Å². The Labute approximate surface area is 122 Å². The van der Waals surface area contributed by atoms with Gasteiger partial charge in [0, 0.05) is 11.4 Å². The molecule has 2 amide bonds. The van der Waals surface area contributed by atoms with Crippen molar-refractivity contribution >= 4 is 23.2 Å². The van der Waals surface area contributed by atoms with Crippen LogP contribution in [0.5, 0.6) is 5.75 Å². The first-order valence-corrected chi connectivity index (χ1v) is 6.32. The van der Waals surface area contributed by atoms with Crippen LogP contribution >= 0.6 is 0 Å². The number of urea groups is 1. The highest BCUT2D eigenvalue weighted by atomic mass is 16.5. The van der Waals surface area contributed by atoms with Crippen molar-refractivity contribution in [1.82, 2.24) is 0 Å². The molecule has 2 aromatic rings. The predicted molar refractivity (Wildman–Crippen MR) is 82.9 cm³/mol. The highest BCUT2D eigenvalue weighted by Gasteiger charge is 2.02.